The van der Waals surface area contributed by atoms with Crippen LogP contribution in [0.2, 0.25) is 0 Å². The van der Waals surface area contributed by atoms with Crippen LogP contribution in [0, 0.1) is 11.3 Å². The molecule has 2 heteroatoms. The van der Waals surface area contributed by atoms with Gasteiger partial charge >= 0.3 is 0 Å². The summed E-state index contributed by atoms with van der Waals surface area (Å²) in [4.78, 5) is 0. The zero-order valence-corrected chi connectivity index (χ0v) is 31.8. The fraction of sp³-hybridized carbons (Fsp3) is 0.795. The van der Waals surface area contributed by atoms with Crippen LogP contribution in [0.15, 0.2) is 48.6 Å². The van der Waals surface area contributed by atoms with Crippen molar-refractivity contribution in [2.24, 2.45) is 5.92 Å². The van der Waals surface area contributed by atoms with E-state index in [1.54, 1.807) is 0 Å². The van der Waals surface area contributed by atoms with E-state index in [1.807, 2.05) is 0 Å². The lowest BCUT2D eigenvalue weighted by Crippen LogP contribution is -2.34. The molecule has 0 saturated heterocycles. The van der Waals surface area contributed by atoms with Crippen molar-refractivity contribution < 1.29 is 0 Å². The van der Waals surface area contributed by atoms with Crippen LogP contribution in [0.4, 0.5) is 0 Å². The molecule has 0 fully saturated rings. The van der Waals surface area contributed by atoms with Crippen molar-refractivity contribution in [3.63, 3.8) is 0 Å². The van der Waals surface area contributed by atoms with Gasteiger partial charge in [-0.15, -0.1) is 0 Å². The van der Waals surface area contributed by atoms with E-state index in [0.717, 1.165) is 24.6 Å². The van der Waals surface area contributed by atoms with Crippen molar-refractivity contribution in [3.05, 3.63) is 48.6 Å². The molecule has 2 N–H and O–H groups in total. The molecule has 0 aliphatic heterocycles. The quantitative estimate of drug-likeness (QED) is 0.0234. The smallest absolute Gasteiger partial charge is 0.0933 e. The zero-order valence-electron chi connectivity index (χ0n) is 31.8. The number of allylic oxidation sites excluding steroid dienone is 8. The zero-order chi connectivity index (χ0) is 33.6. The molecule has 0 heterocycles. The first-order valence-corrected chi connectivity index (χ1v) is 20.6. The van der Waals surface area contributed by atoms with Crippen LogP contribution < -0.4 is 5.32 Å². The molecule has 0 radical (unpaired) electrons. The number of unbranched alkanes of at least 4 members (excludes halogenated alkanes) is 17. The predicted octanol–water partition coefficient (Wildman–Crippen LogP) is 15.2. The van der Waals surface area contributed by atoms with Gasteiger partial charge in [-0.2, -0.15) is 0 Å². The summed E-state index contributed by atoms with van der Waals surface area (Å²) in [5.41, 5.74) is 0. The van der Waals surface area contributed by atoms with Crippen molar-refractivity contribution in [2.45, 2.75) is 220 Å². The lowest BCUT2D eigenvalue weighted by molar-refractivity contribution is 0.436. The number of hydrogen-bond acceptors (Lipinski definition) is 1. The van der Waals surface area contributed by atoms with Crippen molar-refractivity contribution in [2.75, 3.05) is 0 Å². The Morgan fingerprint density at radius 3 is 1.46 bits per heavy atom. The lowest BCUT2D eigenvalue weighted by atomic mass is 9.96. The van der Waals surface area contributed by atoms with Crippen LogP contribution in [-0.2, 0) is 0 Å². The standard InChI is InChI=1S/C44H82N2/c1-5-9-11-13-15-17-19-21-23-25-27-29-31-33-35-39-43(46-44(45)41-37-38-42(7-3)8-4)40-36-34-32-30-28-26-24-22-20-18-16-14-12-10-6-2/h13,15-16,18-22,42-43H,5-12,14,17,23-41H2,1-4H3,(H2,45,46)/b15-13+,18-16-,21-19-,22-20+. The Morgan fingerprint density at radius 2 is 0.935 bits per heavy atom. The number of hydrogen-bond donors (Lipinski definition) is 2. The Balaban J connectivity index is 4.15. The van der Waals surface area contributed by atoms with E-state index < -0.39 is 0 Å². The summed E-state index contributed by atoms with van der Waals surface area (Å²) in [5.74, 6) is 1.63. The fourth-order valence-electron chi connectivity index (χ4n) is 6.28. The molecular formula is C44H82N2. The Morgan fingerprint density at radius 1 is 0.478 bits per heavy atom. The van der Waals surface area contributed by atoms with Gasteiger partial charge < -0.3 is 5.32 Å². The van der Waals surface area contributed by atoms with Gasteiger partial charge in [0, 0.05) is 12.5 Å². The van der Waals surface area contributed by atoms with Crippen LogP contribution in [-0.4, -0.2) is 11.9 Å². The highest BCUT2D eigenvalue weighted by atomic mass is 15.0. The van der Waals surface area contributed by atoms with E-state index in [1.165, 1.54) is 173 Å². The first-order chi connectivity index (χ1) is 22.7. The Kier molecular flexibility index (Phi) is 36.6. The van der Waals surface area contributed by atoms with Crippen LogP contribution in [0.5, 0.6) is 0 Å². The minimum atomic E-state index is 0.502. The highest BCUT2D eigenvalue weighted by Gasteiger charge is 2.11. The van der Waals surface area contributed by atoms with E-state index >= 15 is 0 Å². The van der Waals surface area contributed by atoms with Gasteiger partial charge in [0.05, 0.1) is 5.84 Å². The molecule has 0 aromatic heterocycles. The van der Waals surface area contributed by atoms with E-state index in [-0.39, 0.29) is 0 Å². The predicted molar refractivity (Wildman–Crippen MR) is 211 cm³/mol. The van der Waals surface area contributed by atoms with Gasteiger partial charge in [-0.05, 0) is 76.5 Å². The average Bonchev–Trinajstić information content (AvgIpc) is 3.06. The van der Waals surface area contributed by atoms with E-state index in [4.69, 9.17) is 5.41 Å². The molecule has 0 rings (SSSR count). The normalized spacial score (nSPS) is 13.0. The minimum Gasteiger partial charge on any atom is -0.371 e. The molecule has 0 aliphatic carbocycles. The monoisotopic (exact) mass is 639 g/mol. The minimum absolute atomic E-state index is 0.502. The third kappa shape index (κ3) is 33.8. The van der Waals surface area contributed by atoms with E-state index in [0.29, 0.717) is 6.04 Å². The molecule has 0 aromatic rings. The molecule has 0 bridgehead atoms. The van der Waals surface area contributed by atoms with Gasteiger partial charge in [0.2, 0.25) is 0 Å². The van der Waals surface area contributed by atoms with Crippen LogP contribution >= 0.6 is 0 Å². The summed E-state index contributed by atoms with van der Waals surface area (Å²) in [7, 11) is 0. The summed E-state index contributed by atoms with van der Waals surface area (Å²) < 4.78 is 0. The molecule has 268 valence electrons. The molecule has 0 amide bonds. The first kappa shape index (κ1) is 44.4. The molecule has 46 heavy (non-hydrogen) atoms. The summed E-state index contributed by atoms with van der Waals surface area (Å²) in [6.07, 6.45) is 55.7. The summed E-state index contributed by atoms with van der Waals surface area (Å²) >= 11 is 0. The number of rotatable bonds is 35. The van der Waals surface area contributed by atoms with Crippen LogP contribution in [0.1, 0.15) is 214 Å². The molecule has 2 nitrogen and oxygen atoms in total. The maximum absolute atomic E-state index is 8.63. The lowest BCUT2D eigenvalue weighted by Gasteiger charge is -2.21. The topological polar surface area (TPSA) is 35.9 Å². The van der Waals surface area contributed by atoms with Gasteiger partial charge in [-0.3, -0.25) is 5.41 Å². The van der Waals surface area contributed by atoms with Gasteiger partial charge in [0.25, 0.3) is 0 Å². The second-order valence-electron chi connectivity index (χ2n) is 14.0. The van der Waals surface area contributed by atoms with Crippen molar-refractivity contribution in [1.82, 2.24) is 5.32 Å². The largest absolute Gasteiger partial charge is 0.371 e. The first-order valence-electron chi connectivity index (χ1n) is 20.6. The maximum atomic E-state index is 8.63. The summed E-state index contributed by atoms with van der Waals surface area (Å²) in [6, 6.07) is 0.502. The van der Waals surface area contributed by atoms with E-state index in [2.05, 4.69) is 81.6 Å². The molecule has 1 unspecified atom stereocenters. The highest BCUT2D eigenvalue weighted by molar-refractivity contribution is 5.79. The highest BCUT2D eigenvalue weighted by Crippen LogP contribution is 2.18. The van der Waals surface area contributed by atoms with Crippen molar-refractivity contribution in [3.8, 4) is 0 Å². The third-order valence-electron chi connectivity index (χ3n) is 9.61. The fourth-order valence-corrected chi connectivity index (χ4v) is 6.28. The number of amidine groups is 1. The van der Waals surface area contributed by atoms with E-state index in [9.17, 15) is 0 Å². The van der Waals surface area contributed by atoms with Gasteiger partial charge in [-0.25, -0.2) is 0 Å². The Hall–Kier alpha value is -1.57. The summed E-state index contributed by atoms with van der Waals surface area (Å²) in [6.45, 7) is 9.15. The molecule has 0 spiro atoms. The molecule has 0 aliphatic rings. The third-order valence-corrected chi connectivity index (χ3v) is 9.61. The summed E-state index contributed by atoms with van der Waals surface area (Å²) in [5, 5.41) is 12.3. The maximum Gasteiger partial charge on any atom is 0.0933 e. The van der Waals surface area contributed by atoms with Gasteiger partial charge in [-0.1, -0.05) is 185 Å². The SMILES string of the molecule is CCCC/C=C/C/C=C\CCCCCCCCC(CCCCCCCC/C=C/C=C\CCCCC)NC(=N)CCCC(CC)CC. The molecule has 1 atom stereocenters. The molecule has 0 saturated carbocycles. The van der Waals surface area contributed by atoms with Crippen molar-refractivity contribution >= 4 is 5.84 Å². The van der Waals surface area contributed by atoms with Crippen molar-refractivity contribution in [1.29, 1.82) is 5.41 Å². The van der Waals surface area contributed by atoms with Gasteiger partial charge in [0.15, 0.2) is 0 Å². The second-order valence-corrected chi connectivity index (χ2v) is 14.0. The molecule has 0 aromatic carbocycles. The average molecular weight is 639 g/mol. The van der Waals surface area contributed by atoms with Crippen LogP contribution in [0.3, 0.4) is 0 Å². The second kappa shape index (κ2) is 37.9. The van der Waals surface area contributed by atoms with Crippen LogP contribution in [0.25, 0.3) is 0 Å². The van der Waals surface area contributed by atoms with Gasteiger partial charge in [0.1, 0.15) is 0 Å². The molecular weight excluding hydrogens is 556 g/mol. The Labute approximate surface area is 290 Å². The number of nitrogens with one attached hydrogen (secondary N) is 2. The Bertz CT molecular complexity index is 726.